The fourth-order valence-electron chi connectivity index (χ4n) is 4.20. The molecule has 0 N–H and O–H groups in total. The van der Waals surface area contributed by atoms with E-state index in [1.807, 2.05) is 32.0 Å². The molecule has 0 aliphatic carbocycles. The fourth-order valence-corrected chi connectivity index (χ4v) is 4.20. The highest BCUT2D eigenvalue weighted by Gasteiger charge is 2.31. The van der Waals surface area contributed by atoms with Crippen molar-refractivity contribution in [2.45, 2.75) is 32.7 Å². The van der Waals surface area contributed by atoms with Crippen LogP contribution in [0.5, 0.6) is 5.75 Å². The van der Waals surface area contributed by atoms with Gasteiger partial charge in [-0.3, -0.25) is 0 Å². The van der Waals surface area contributed by atoms with Crippen LogP contribution in [0.2, 0.25) is 0 Å². The molecule has 2 heterocycles. The summed E-state index contributed by atoms with van der Waals surface area (Å²) in [5, 5.41) is 0. The number of hydrogen-bond donors (Lipinski definition) is 0. The van der Waals surface area contributed by atoms with Crippen molar-refractivity contribution in [3.8, 4) is 17.0 Å². The second-order valence-electron chi connectivity index (χ2n) is 8.70. The molecule has 1 unspecified atom stereocenters. The Morgan fingerprint density at radius 2 is 1.94 bits per heavy atom. The van der Waals surface area contributed by atoms with Crippen molar-refractivity contribution in [3.05, 3.63) is 77.6 Å². The van der Waals surface area contributed by atoms with Gasteiger partial charge in [0.15, 0.2) is 0 Å². The van der Waals surface area contributed by atoms with Gasteiger partial charge in [0.1, 0.15) is 22.9 Å². The van der Waals surface area contributed by atoms with Crippen LogP contribution in [0.1, 0.15) is 48.7 Å². The molecule has 0 amide bonds. The maximum absolute atomic E-state index is 14.4. The van der Waals surface area contributed by atoms with Crippen molar-refractivity contribution in [1.82, 2.24) is 4.98 Å². The highest BCUT2D eigenvalue weighted by Crippen LogP contribution is 2.38. The van der Waals surface area contributed by atoms with Crippen LogP contribution in [-0.4, -0.2) is 31.2 Å². The smallest absolute Gasteiger partial charge is 0.341 e. The molecule has 6 heteroatoms. The number of carbonyl (C=O) groups excluding carboxylic acids is 1. The minimum absolute atomic E-state index is 0.106. The lowest BCUT2D eigenvalue weighted by Crippen LogP contribution is -2.26. The number of ether oxygens (including phenoxy) is 2. The van der Waals surface area contributed by atoms with Gasteiger partial charge in [-0.1, -0.05) is 44.2 Å². The quantitative estimate of drug-likeness (QED) is 0.412. The van der Waals surface area contributed by atoms with Gasteiger partial charge >= 0.3 is 5.97 Å². The lowest BCUT2D eigenvalue weighted by molar-refractivity contribution is 0.0601. The number of carbonyl (C=O) groups is 1. The lowest BCUT2D eigenvalue weighted by Gasteiger charge is -2.28. The predicted molar refractivity (Wildman–Crippen MR) is 127 cm³/mol. The lowest BCUT2D eigenvalue weighted by atomic mass is 10.0. The minimum atomic E-state index is -0.442. The summed E-state index contributed by atoms with van der Waals surface area (Å²) in [5.41, 5.74) is 2.75. The zero-order chi connectivity index (χ0) is 23.4. The Bertz CT molecular complexity index is 1120. The zero-order valence-corrected chi connectivity index (χ0v) is 19.3. The summed E-state index contributed by atoms with van der Waals surface area (Å²) < 4.78 is 25.2. The average molecular weight is 449 g/mol. The molecule has 1 fully saturated rings. The number of esters is 1. The average Bonchev–Trinajstić information content (AvgIpc) is 3.32. The number of rotatable bonds is 7. The molecule has 3 aromatic rings. The summed E-state index contributed by atoms with van der Waals surface area (Å²) in [7, 11) is 1.36. The van der Waals surface area contributed by atoms with Crippen LogP contribution in [-0.2, 0) is 4.74 Å². The number of aromatic nitrogens is 1. The normalized spacial score (nSPS) is 15.7. The summed E-state index contributed by atoms with van der Waals surface area (Å²) in [6.07, 6.45) is 1.95. The maximum atomic E-state index is 14.4. The zero-order valence-electron chi connectivity index (χ0n) is 19.3. The summed E-state index contributed by atoms with van der Waals surface area (Å²) in [5.74, 6) is 0.505. The Labute approximate surface area is 194 Å². The standard InChI is InChI=1S/C27H29FN2O3/c1-18(2)17-33-22-15-20(14-21(28)16-22)24-12-11-23(27(31)32-3)26(29-24)30-13-7-10-25(30)19-8-5-4-6-9-19/h4-6,8-9,11-12,14-16,18,25H,7,10,13,17H2,1-3H3. The van der Waals surface area contributed by atoms with Crippen molar-refractivity contribution < 1.29 is 18.7 Å². The minimum Gasteiger partial charge on any atom is -0.493 e. The second-order valence-corrected chi connectivity index (χ2v) is 8.70. The number of hydrogen-bond acceptors (Lipinski definition) is 5. The highest BCUT2D eigenvalue weighted by molar-refractivity contribution is 5.95. The third kappa shape index (κ3) is 5.16. The Balaban J connectivity index is 1.76. The van der Waals surface area contributed by atoms with E-state index in [4.69, 9.17) is 14.5 Å². The first-order chi connectivity index (χ1) is 16.0. The molecule has 0 spiro atoms. The first-order valence-corrected chi connectivity index (χ1v) is 11.3. The molecule has 1 atom stereocenters. The fraction of sp³-hybridized carbons (Fsp3) is 0.333. The van der Waals surface area contributed by atoms with E-state index in [-0.39, 0.29) is 6.04 Å². The van der Waals surface area contributed by atoms with Crippen molar-refractivity contribution in [1.29, 1.82) is 0 Å². The monoisotopic (exact) mass is 448 g/mol. The Kier molecular flexibility index (Phi) is 6.92. The molecule has 2 aromatic carbocycles. The molecule has 172 valence electrons. The molecule has 0 radical (unpaired) electrons. The van der Waals surface area contributed by atoms with Crippen LogP contribution < -0.4 is 9.64 Å². The van der Waals surface area contributed by atoms with Gasteiger partial charge in [-0.25, -0.2) is 14.2 Å². The Morgan fingerprint density at radius 1 is 1.15 bits per heavy atom. The third-order valence-electron chi connectivity index (χ3n) is 5.74. The van der Waals surface area contributed by atoms with Gasteiger partial charge in [0.25, 0.3) is 0 Å². The van der Waals surface area contributed by atoms with E-state index in [9.17, 15) is 9.18 Å². The van der Waals surface area contributed by atoms with Gasteiger partial charge in [0, 0.05) is 18.2 Å². The van der Waals surface area contributed by atoms with Gasteiger partial charge < -0.3 is 14.4 Å². The van der Waals surface area contributed by atoms with Gasteiger partial charge in [0.05, 0.1) is 25.5 Å². The first kappa shape index (κ1) is 22.8. The Hall–Kier alpha value is -3.41. The first-order valence-electron chi connectivity index (χ1n) is 11.3. The molecule has 1 aliphatic rings. The molecule has 1 aliphatic heterocycles. The Morgan fingerprint density at radius 3 is 2.67 bits per heavy atom. The van der Waals surface area contributed by atoms with E-state index in [0.717, 1.165) is 19.4 Å². The van der Waals surface area contributed by atoms with E-state index in [1.165, 1.54) is 24.8 Å². The molecule has 5 nitrogen and oxygen atoms in total. The predicted octanol–water partition coefficient (Wildman–Crippen LogP) is 6.05. The van der Waals surface area contributed by atoms with Crippen LogP contribution in [0.3, 0.4) is 0 Å². The van der Waals surface area contributed by atoms with Gasteiger partial charge in [-0.15, -0.1) is 0 Å². The molecule has 1 aromatic heterocycles. The number of halogens is 1. The van der Waals surface area contributed by atoms with Crippen molar-refractivity contribution in [3.63, 3.8) is 0 Å². The summed E-state index contributed by atoms with van der Waals surface area (Å²) in [6, 6.07) is 18.4. The van der Waals surface area contributed by atoms with Gasteiger partial charge in [-0.05, 0) is 48.6 Å². The van der Waals surface area contributed by atoms with Crippen molar-refractivity contribution >= 4 is 11.8 Å². The van der Waals surface area contributed by atoms with E-state index in [2.05, 4.69) is 17.0 Å². The third-order valence-corrected chi connectivity index (χ3v) is 5.74. The van der Waals surface area contributed by atoms with Crippen molar-refractivity contribution in [2.24, 2.45) is 5.92 Å². The molecule has 4 rings (SSSR count). The van der Waals surface area contributed by atoms with E-state index >= 15 is 0 Å². The number of methoxy groups -OCH3 is 1. The number of nitrogens with zero attached hydrogens (tertiary/aromatic N) is 2. The summed E-state index contributed by atoms with van der Waals surface area (Å²) in [6.45, 7) is 5.35. The van der Waals surface area contributed by atoms with Crippen molar-refractivity contribution in [2.75, 3.05) is 25.2 Å². The van der Waals surface area contributed by atoms with Gasteiger partial charge in [0.2, 0.25) is 0 Å². The van der Waals surface area contributed by atoms with Crippen LogP contribution in [0.15, 0.2) is 60.7 Å². The number of anilines is 1. The molecule has 33 heavy (non-hydrogen) atoms. The van der Waals surface area contributed by atoms with E-state index in [1.54, 1.807) is 18.2 Å². The van der Waals surface area contributed by atoms with Crippen LogP contribution in [0.4, 0.5) is 10.2 Å². The number of benzene rings is 2. The maximum Gasteiger partial charge on any atom is 0.341 e. The van der Waals surface area contributed by atoms with E-state index < -0.39 is 11.8 Å². The van der Waals surface area contributed by atoms with E-state index in [0.29, 0.717) is 40.9 Å². The summed E-state index contributed by atoms with van der Waals surface area (Å²) >= 11 is 0. The molecule has 0 saturated carbocycles. The highest BCUT2D eigenvalue weighted by atomic mass is 19.1. The molecular formula is C27H29FN2O3. The largest absolute Gasteiger partial charge is 0.493 e. The molecular weight excluding hydrogens is 419 g/mol. The van der Waals surface area contributed by atoms with Crippen LogP contribution in [0.25, 0.3) is 11.3 Å². The summed E-state index contributed by atoms with van der Waals surface area (Å²) in [4.78, 5) is 19.6. The molecule has 0 bridgehead atoms. The topological polar surface area (TPSA) is 51.7 Å². The molecule has 1 saturated heterocycles. The van der Waals surface area contributed by atoms with Gasteiger partial charge in [-0.2, -0.15) is 0 Å². The van der Waals surface area contributed by atoms with Crippen LogP contribution in [0, 0.1) is 11.7 Å². The SMILES string of the molecule is COC(=O)c1ccc(-c2cc(F)cc(OCC(C)C)c2)nc1N1CCCC1c1ccccc1. The number of pyridine rings is 1. The second kappa shape index (κ2) is 10.0. The van der Waals surface area contributed by atoms with Crippen LogP contribution >= 0.6 is 0 Å².